The summed E-state index contributed by atoms with van der Waals surface area (Å²) in [6.07, 6.45) is 1.22. The first kappa shape index (κ1) is 21.2. The number of nitrogens with one attached hydrogen (secondary N) is 3. The third kappa shape index (κ3) is 3.42. The van der Waals surface area contributed by atoms with Gasteiger partial charge in [-0.15, -0.1) is 0 Å². The third-order valence-electron chi connectivity index (χ3n) is 5.42. The van der Waals surface area contributed by atoms with Crippen molar-refractivity contribution in [1.29, 1.82) is 10.7 Å². The van der Waals surface area contributed by atoms with E-state index in [1.807, 2.05) is 18.2 Å². The number of hydrogen-bond acceptors (Lipinski definition) is 6. The molecule has 5 N–H and O–H groups in total. The van der Waals surface area contributed by atoms with Crippen LogP contribution in [0.15, 0.2) is 53.3 Å². The summed E-state index contributed by atoms with van der Waals surface area (Å²) in [7, 11) is 1.74. The van der Waals surface area contributed by atoms with Crippen LogP contribution >= 0.6 is 11.6 Å². The molecule has 0 saturated heterocycles. The first-order chi connectivity index (χ1) is 15.5. The standard InChI is InChI=1S/C24H19ClN6O/c1-29-23(16-8-7-15-14(20(16)11-27)3-2-4-21(15)25)19(10-26)13-5-6-17-18(9-13)22(12-28)30-31-24(17)32/h2-10,26,29H,12,28H2,1H3,(H,31,32)/b23-19+,26-10?. The molecule has 7 nitrogen and oxygen atoms in total. The number of hydrogen-bond donors (Lipinski definition) is 4. The zero-order valence-electron chi connectivity index (χ0n) is 17.2. The summed E-state index contributed by atoms with van der Waals surface area (Å²) >= 11 is 6.32. The first-order valence-electron chi connectivity index (χ1n) is 9.80. The summed E-state index contributed by atoms with van der Waals surface area (Å²) in [6, 6.07) is 16.6. The highest BCUT2D eigenvalue weighted by atomic mass is 35.5. The van der Waals surface area contributed by atoms with Gasteiger partial charge in [0.1, 0.15) is 6.07 Å². The largest absolute Gasteiger partial charge is 0.387 e. The Hall–Kier alpha value is -3.99. The summed E-state index contributed by atoms with van der Waals surface area (Å²) in [4.78, 5) is 12.2. The molecule has 32 heavy (non-hydrogen) atoms. The number of fused-ring (bicyclic) bond motifs is 2. The molecule has 0 bridgehead atoms. The van der Waals surface area contributed by atoms with Crippen LogP contribution in [0.5, 0.6) is 0 Å². The van der Waals surface area contributed by atoms with E-state index in [-0.39, 0.29) is 12.1 Å². The highest BCUT2D eigenvalue weighted by Gasteiger charge is 2.17. The molecule has 8 heteroatoms. The molecule has 4 aromatic rings. The minimum atomic E-state index is -0.309. The van der Waals surface area contributed by atoms with Crippen molar-refractivity contribution < 1.29 is 0 Å². The van der Waals surface area contributed by atoms with Crippen LogP contribution in [0.1, 0.15) is 22.4 Å². The van der Waals surface area contributed by atoms with E-state index in [9.17, 15) is 10.1 Å². The summed E-state index contributed by atoms with van der Waals surface area (Å²) in [5.74, 6) is 0. The molecule has 0 aliphatic heterocycles. The molecule has 0 spiro atoms. The van der Waals surface area contributed by atoms with Gasteiger partial charge >= 0.3 is 0 Å². The van der Waals surface area contributed by atoms with Crippen molar-refractivity contribution >= 4 is 50.6 Å². The Morgan fingerprint density at radius 2 is 2.00 bits per heavy atom. The van der Waals surface area contributed by atoms with Crippen LogP contribution in [0, 0.1) is 16.7 Å². The van der Waals surface area contributed by atoms with Crippen molar-refractivity contribution in [1.82, 2.24) is 15.5 Å². The van der Waals surface area contributed by atoms with Crippen molar-refractivity contribution in [2.75, 3.05) is 7.05 Å². The van der Waals surface area contributed by atoms with Crippen LogP contribution in [0.25, 0.3) is 32.8 Å². The summed E-state index contributed by atoms with van der Waals surface area (Å²) in [5.41, 5.74) is 8.99. The fourth-order valence-electron chi connectivity index (χ4n) is 3.91. The zero-order chi connectivity index (χ0) is 22.8. The fourth-order valence-corrected chi connectivity index (χ4v) is 4.14. The maximum atomic E-state index is 12.2. The lowest BCUT2D eigenvalue weighted by atomic mass is 9.93. The Bertz CT molecular complexity index is 1510. The minimum absolute atomic E-state index is 0.156. The van der Waals surface area contributed by atoms with E-state index in [0.29, 0.717) is 49.4 Å². The van der Waals surface area contributed by atoms with Crippen molar-refractivity contribution in [3.63, 3.8) is 0 Å². The average molecular weight is 443 g/mol. The van der Waals surface area contributed by atoms with Crippen LogP contribution < -0.4 is 16.6 Å². The first-order valence-corrected chi connectivity index (χ1v) is 10.2. The number of benzene rings is 3. The Balaban J connectivity index is 2.03. The number of nitriles is 1. The zero-order valence-corrected chi connectivity index (χ0v) is 17.9. The molecule has 0 amide bonds. The van der Waals surface area contributed by atoms with Crippen LogP contribution in [0.3, 0.4) is 0 Å². The molecule has 0 aliphatic carbocycles. The van der Waals surface area contributed by atoms with Crippen LogP contribution in [0.4, 0.5) is 0 Å². The molecule has 1 heterocycles. The predicted molar refractivity (Wildman–Crippen MR) is 129 cm³/mol. The van der Waals surface area contributed by atoms with Gasteiger partial charge in [-0.1, -0.05) is 41.9 Å². The number of aromatic amines is 1. The molecular weight excluding hydrogens is 424 g/mol. The van der Waals surface area contributed by atoms with Gasteiger partial charge in [0.05, 0.1) is 22.3 Å². The van der Waals surface area contributed by atoms with E-state index < -0.39 is 0 Å². The lowest BCUT2D eigenvalue weighted by Gasteiger charge is -2.16. The third-order valence-corrected chi connectivity index (χ3v) is 5.75. The molecule has 158 valence electrons. The van der Waals surface area contributed by atoms with E-state index in [2.05, 4.69) is 21.6 Å². The molecule has 0 radical (unpaired) electrons. The lowest BCUT2D eigenvalue weighted by molar-refractivity contribution is 0.900. The van der Waals surface area contributed by atoms with Crippen LogP contribution in [-0.4, -0.2) is 23.5 Å². The summed E-state index contributed by atoms with van der Waals surface area (Å²) in [5, 5.41) is 30.9. The SMILES string of the molecule is CN/C(=C(\C=N)c1ccc2c(=O)[nH]nc(CN)c2c1)c1ccc2c(Cl)cccc2c1C#N. The van der Waals surface area contributed by atoms with Gasteiger partial charge < -0.3 is 16.5 Å². The number of H-pyrrole nitrogens is 1. The second kappa shape index (κ2) is 8.63. The fraction of sp³-hybridized carbons (Fsp3) is 0.0833. The van der Waals surface area contributed by atoms with Gasteiger partial charge in [0.25, 0.3) is 5.56 Å². The maximum absolute atomic E-state index is 12.2. The number of aromatic nitrogens is 2. The minimum Gasteiger partial charge on any atom is -0.387 e. The quantitative estimate of drug-likeness (QED) is 0.276. The van der Waals surface area contributed by atoms with Gasteiger partial charge in [0.2, 0.25) is 0 Å². The summed E-state index contributed by atoms with van der Waals surface area (Å²) in [6.45, 7) is 0.156. The van der Waals surface area contributed by atoms with Gasteiger partial charge in [0, 0.05) is 52.1 Å². The van der Waals surface area contributed by atoms with Crippen LogP contribution in [-0.2, 0) is 6.54 Å². The molecule has 4 rings (SSSR count). The van der Waals surface area contributed by atoms with Crippen molar-refractivity contribution in [3.05, 3.63) is 86.3 Å². The second-order valence-electron chi connectivity index (χ2n) is 7.08. The van der Waals surface area contributed by atoms with Gasteiger partial charge in [-0.25, -0.2) is 5.10 Å². The maximum Gasteiger partial charge on any atom is 0.272 e. The normalized spacial score (nSPS) is 11.8. The Labute approximate surface area is 188 Å². The smallest absolute Gasteiger partial charge is 0.272 e. The van der Waals surface area contributed by atoms with E-state index in [1.165, 1.54) is 6.21 Å². The molecule has 0 unspecified atom stereocenters. The van der Waals surface area contributed by atoms with Crippen molar-refractivity contribution in [2.24, 2.45) is 5.73 Å². The second-order valence-corrected chi connectivity index (χ2v) is 7.49. The van der Waals surface area contributed by atoms with Crippen molar-refractivity contribution in [2.45, 2.75) is 6.54 Å². The van der Waals surface area contributed by atoms with E-state index in [1.54, 1.807) is 37.4 Å². The van der Waals surface area contributed by atoms with Gasteiger partial charge in [0.15, 0.2) is 0 Å². The monoisotopic (exact) mass is 442 g/mol. The van der Waals surface area contributed by atoms with Gasteiger partial charge in [-0.2, -0.15) is 10.4 Å². The topological polar surface area (TPSA) is 131 Å². The van der Waals surface area contributed by atoms with E-state index in [0.717, 1.165) is 10.8 Å². The highest BCUT2D eigenvalue weighted by Crippen LogP contribution is 2.33. The molecule has 1 aromatic heterocycles. The van der Waals surface area contributed by atoms with Gasteiger partial charge in [-0.05, 0) is 23.8 Å². The molecule has 0 saturated carbocycles. The van der Waals surface area contributed by atoms with E-state index in [4.69, 9.17) is 22.7 Å². The molecular formula is C24H19ClN6O. The van der Waals surface area contributed by atoms with Crippen LogP contribution in [0.2, 0.25) is 5.02 Å². The Morgan fingerprint density at radius 3 is 2.69 bits per heavy atom. The number of halogens is 1. The van der Waals surface area contributed by atoms with Gasteiger partial charge in [-0.3, -0.25) is 4.79 Å². The number of nitrogens with two attached hydrogens (primary N) is 1. The number of nitrogens with zero attached hydrogens (tertiary/aromatic N) is 2. The van der Waals surface area contributed by atoms with E-state index >= 15 is 0 Å². The molecule has 3 aromatic carbocycles. The predicted octanol–water partition coefficient (Wildman–Crippen LogP) is 3.80. The number of allylic oxidation sites excluding steroid dienone is 1. The number of rotatable bonds is 5. The molecule has 0 aliphatic rings. The molecule has 0 atom stereocenters. The average Bonchev–Trinajstić information content (AvgIpc) is 2.82. The van der Waals surface area contributed by atoms with Crippen molar-refractivity contribution in [3.8, 4) is 6.07 Å². The Kier molecular flexibility index (Phi) is 5.73. The lowest BCUT2D eigenvalue weighted by Crippen LogP contribution is -2.14. The Morgan fingerprint density at radius 1 is 1.22 bits per heavy atom. The summed E-state index contributed by atoms with van der Waals surface area (Å²) < 4.78 is 0. The highest BCUT2D eigenvalue weighted by molar-refractivity contribution is 6.35. The molecule has 0 fully saturated rings.